The van der Waals surface area contributed by atoms with Crippen LogP contribution in [0, 0.1) is 0 Å². The van der Waals surface area contributed by atoms with Gasteiger partial charge in [-0.25, -0.2) is 0 Å². The largest absolute Gasteiger partial charge is 0.416 e. The van der Waals surface area contributed by atoms with Crippen molar-refractivity contribution in [3.8, 4) is 0 Å². The van der Waals surface area contributed by atoms with E-state index in [4.69, 9.17) is 0 Å². The zero-order valence-electron chi connectivity index (χ0n) is 16.2. The van der Waals surface area contributed by atoms with E-state index in [-0.39, 0.29) is 17.4 Å². The van der Waals surface area contributed by atoms with Crippen molar-refractivity contribution in [1.82, 2.24) is 9.80 Å². The number of fused-ring (bicyclic) bond motifs is 1. The smallest absolute Gasteiger partial charge is 0.336 e. The predicted octanol–water partition coefficient (Wildman–Crippen LogP) is 4.33. The highest BCUT2D eigenvalue weighted by Crippen LogP contribution is 2.33. The highest BCUT2D eigenvalue weighted by atomic mass is 32.2. The van der Waals surface area contributed by atoms with Crippen molar-refractivity contribution < 1.29 is 27.6 Å². The highest BCUT2D eigenvalue weighted by Gasteiger charge is 2.37. The van der Waals surface area contributed by atoms with Crippen LogP contribution in [-0.2, 0) is 28.7 Å². The average Bonchev–Trinajstić information content (AvgIpc) is 3.00. The Bertz CT molecular complexity index is 1080. The van der Waals surface area contributed by atoms with Gasteiger partial charge in [0, 0.05) is 13.1 Å². The lowest BCUT2D eigenvalue weighted by Gasteiger charge is -2.29. The summed E-state index contributed by atoms with van der Waals surface area (Å²) >= 11 is 0.669. The molecule has 4 rings (SSSR count). The van der Waals surface area contributed by atoms with Gasteiger partial charge in [-0.2, -0.15) is 13.2 Å². The molecule has 1 saturated heterocycles. The molecule has 2 aliphatic heterocycles. The molecule has 0 aromatic heterocycles. The topological polar surface area (TPSA) is 57.7 Å². The summed E-state index contributed by atoms with van der Waals surface area (Å²) < 4.78 is 38.1. The van der Waals surface area contributed by atoms with Crippen LogP contribution in [0.5, 0.6) is 0 Å². The zero-order valence-corrected chi connectivity index (χ0v) is 17.0. The first-order chi connectivity index (χ1) is 14.7. The van der Waals surface area contributed by atoms with Crippen molar-refractivity contribution in [2.24, 2.45) is 0 Å². The number of imide groups is 1. The average molecular weight is 446 g/mol. The van der Waals surface area contributed by atoms with Gasteiger partial charge in [-0.1, -0.05) is 36.4 Å². The number of hydrogen-bond donors (Lipinski definition) is 0. The van der Waals surface area contributed by atoms with Crippen LogP contribution in [0.4, 0.5) is 18.0 Å². The minimum absolute atomic E-state index is 0.0709. The van der Waals surface area contributed by atoms with E-state index in [1.807, 2.05) is 24.3 Å². The minimum Gasteiger partial charge on any atom is -0.336 e. The molecule has 160 valence electrons. The molecule has 0 spiro atoms. The normalized spacial score (nSPS) is 18.0. The Kier molecular flexibility index (Phi) is 5.62. The zero-order chi connectivity index (χ0) is 22.2. The van der Waals surface area contributed by atoms with E-state index in [0.29, 0.717) is 36.8 Å². The molecule has 5 nitrogen and oxygen atoms in total. The first-order valence-electron chi connectivity index (χ1n) is 9.49. The van der Waals surface area contributed by atoms with Gasteiger partial charge in [-0.3, -0.25) is 19.3 Å². The third-order valence-corrected chi connectivity index (χ3v) is 6.09. The summed E-state index contributed by atoms with van der Waals surface area (Å²) in [4.78, 5) is 40.2. The molecule has 2 aromatic carbocycles. The van der Waals surface area contributed by atoms with Crippen molar-refractivity contribution in [2.45, 2.75) is 19.1 Å². The number of nitrogens with zero attached hydrogens (tertiary/aromatic N) is 2. The number of carbonyl (C=O) groups is 3. The van der Waals surface area contributed by atoms with Gasteiger partial charge >= 0.3 is 6.18 Å². The van der Waals surface area contributed by atoms with Crippen LogP contribution in [0.2, 0.25) is 0 Å². The number of amides is 3. The Hall–Kier alpha value is -3.07. The van der Waals surface area contributed by atoms with Crippen LogP contribution in [0.25, 0.3) is 6.08 Å². The van der Waals surface area contributed by atoms with Crippen LogP contribution in [-0.4, -0.2) is 39.9 Å². The summed E-state index contributed by atoms with van der Waals surface area (Å²) in [6, 6.07) is 12.1. The minimum atomic E-state index is -4.45. The van der Waals surface area contributed by atoms with Crippen molar-refractivity contribution >= 4 is 34.9 Å². The number of benzene rings is 2. The van der Waals surface area contributed by atoms with E-state index < -0.39 is 22.9 Å². The van der Waals surface area contributed by atoms with Gasteiger partial charge in [-0.05, 0) is 53.1 Å². The lowest BCUT2D eigenvalue weighted by molar-refractivity contribution is -0.137. The number of halogens is 3. The molecule has 9 heteroatoms. The van der Waals surface area contributed by atoms with Gasteiger partial charge in [0.25, 0.3) is 11.1 Å². The molecule has 0 N–H and O–H groups in total. The van der Waals surface area contributed by atoms with E-state index in [9.17, 15) is 27.6 Å². The van der Waals surface area contributed by atoms with Gasteiger partial charge in [0.15, 0.2) is 0 Å². The summed E-state index contributed by atoms with van der Waals surface area (Å²) in [6.07, 6.45) is -2.39. The molecule has 2 heterocycles. The molecule has 0 saturated carbocycles. The number of carbonyl (C=O) groups excluding carboxylic acids is 3. The van der Waals surface area contributed by atoms with Crippen molar-refractivity contribution in [3.05, 3.63) is 75.7 Å². The van der Waals surface area contributed by atoms with E-state index in [0.717, 1.165) is 22.6 Å². The van der Waals surface area contributed by atoms with Gasteiger partial charge in [-0.15, -0.1) is 0 Å². The fourth-order valence-electron chi connectivity index (χ4n) is 3.50. The Morgan fingerprint density at radius 1 is 1.03 bits per heavy atom. The maximum absolute atomic E-state index is 12.7. The Morgan fingerprint density at radius 2 is 1.71 bits per heavy atom. The summed E-state index contributed by atoms with van der Waals surface area (Å²) in [5.41, 5.74) is 1.78. The molecule has 0 bridgehead atoms. The van der Waals surface area contributed by atoms with Crippen molar-refractivity contribution in [1.29, 1.82) is 0 Å². The Balaban J connectivity index is 1.44. The Morgan fingerprint density at radius 3 is 2.39 bits per heavy atom. The fourth-order valence-corrected chi connectivity index (χ4v) is 4.34. The lowest BCUT2D eigenvalue weighted by Crippen LogP contribution is -2.44. The van der Waals surface area contributed by atoms with Crippen LogP contribution in [0.1, 0.15) is 22.3 Å². The quantitative estimate of drug-likeness (QED) is 0.659. The van der Waals surface area contributed by atoms with Gasteiger partial charge in [0.05, 0.1) is 10.5 Å². The number of alkyl halides is 3. The summed E-state index contributed by atoms with van der Waals surface area (Å²) in [6.45, 7) is 0.567. The molecular formula is C22H17F3N2O3S. The predicted molar refractivity (Wildman–Crippen MR) is 110 cm³/mol. The molecule has 0 radical (unpaired) electrons. The fraction of sp³-hybridized carbons (Fsp3) is 0.227. The molecule has 0 aliphatic carbocycles. The van der Waals surface area contributed by atoms with E-state index >= 15 is 0 Å². The molecule has 31 heavy (non-hydrogen) atoms. The molecule has 1 fully saturated rings. The summed E-state index contributed by atoms with van der Waals surface area (Å²) in [5.74, 6) is -0.951. The van der Waals surface area contributed by atoms with E-state index in [1.165, 1.54) is 23.8 Å². The van der Waals surface area contributed by atoms with Gasteiger partial charge < -0.3 is 4.90 Å². The summed E-state index contributed by atoms with van der Waals surface area (Å²) in [7, 11) is 0. The molecule has 2 aromatic rings. The summed E-state index contributed by atoms with van der Waals surface area (Å²) in [5, 5.41) is -0.575. The molecule has 0 atom stereocenters. The van der Waals surface area contributed by atoms with Crippen LogP contribution >= 0.6 is 11.8 Å². The third kappa shape index (κ3) is 4.51. The second-order valence-electron chi connectivity index (χ2n) is 7.22. The van der Waals surface area contributed by atoms with Crippen molar-refractivity contribution in [3.63, 3.8) is 0 Å². The van der Waals surface area contributed by atoms with Crippen LogP contribution < -0.4 is 0 Å². The maximum Gasteiger partial charge on any atom is 0.416 e. The molecule has 0 unspecified atom stereocenters. The van der Waals surface area contributed by atoms with E-state index in [2.05, 4.69) is 0 Å². The van der Waals surface area contributed by atoms with E-state index in [1.54, 1.807) is 4.90 Å². The highest BCUT2D eigenvalue weighted by molar-refractivity contribution is 8.18. The number of rotatable bonds is 3. The monoisotopic (exact) mass is 446 g/mol. The lowest BCUT2D eigenvalue weighted by atomic mass is 10.00. The number of thioether (sulfide) groups is 1. The number of hydrogen-bond acceptors (Lipinski definition) is 4. The van der Waals surface area contributed by atoms with Gasteiger partial charge in [0.2, 0.25) is 5.91 Å². The second-order valence-corrected chi connectivity index (χ2v) is 8.21. The molecule has 3 amide bonds. The van der Waals surface area contributed by atoms with Crippen molar-refractivity contribution in [2.75, 3.05) is 13.1 Å². The first kappa shape index (κ1) is 21.2. The van der Waals surface area contributed by atoms with Crippen LogP contribution in [0.3, 0.4) is 0 Å². The molecular weight excluding hydrogens is 429 g/mol. The van der Waals surface area contributed by atoms with Gasteiger partial charge in [0.1, 0.15) is 6.54 Å². The third-order valence-electron chi connectivity index (χ3n) is 5.19. The maximum atomic E-state index is 12.7. The Labute approximate surface area is 180 Å². The molecule has 2 aliphatic rings. The standard InChI is InChI=1S/C22H17F3N2O3S/c23-22(24,25)17-7-5-14(6-8-17)11-18-20(29)27(21(30)31-18)13-19(28)26-10-9-15-3-1-2-4-16(15)12-26/h1-8,11H,9-10,12-13H2/b18-11-. The van der Waals surface area contributed by atoms with Crippen LogP contribution in [0.15, 0.2) is 53.4 Å². The first-order valence-corrected chi connectivity index (χ1v) is 10.3. The SMILES string of the molecule is O=C(CN1C(=O)S/C(=C\c2ccc(C(F)(F)F)cc2)C1=O)N1CCc2ccccc2C1. The second kappa shape index (κ2) is 8.22.